The molecule has 2 aliphatic heterocycles. The van der Waals surface area contributed by atoms with Gasteiger partial charge in [0.05, 0.1) is 25.4 Å². The average molecular weight is 811 g/mol. The van der Waals surface area contributed by atoms with E-state index in [0.717, 1.165) is 22.4 Å². The monoisotopic (exact) mass is 810 g/mol. The number of rotatable bonds is 11. The molecule has 57 heavy (non-hydrogen) atoms. The maximum absolute atomic E-state index is 15.1. The van der Waals surface area contributed by atoms with Gasteiger partial charge in [-0.1, -0.05) is 26.8 Å². The summed E-state index contributed by atoms with van der Waals surface area (Å²) in [4.78, 5) is 53.5. The van der Waals surface area contributed by atoms with Crippen LogP contribution in [0.15, 0.2) is 49.1 Å². The first-order valence-corrected chi connectivity index (χ1v) is 20.5. The zero-order valence-electron chi connectivity index (χ0n) is 32.8. The summed E-state index contributed by atoms with van der Waals surface area (Å²) in [7, 11) is -0.627. The lowest BCUT2D eigenvalue weighted by atomic mass is 9.85. The van der Waals surface area contributed by atoms with Gasteiger partial charge in [-0.05, 0) is 61.9 Å². The quantitative estimate of drug-likeness (QED) is 0.245. The minimum absolute atomic E-state index is 0.0137. The first kappa shape index (κ1) is 40.0. The molecule has 0 spiro atoms. The number of methoxy groups -OCH3 is 1. The SMILES string of the molecule is C=C[C@@H]1C[C@@]1(C(=O)NS(=O)(=O)C1CC1)N(C(=O)[C@H](Nc1ccc(F)c(F)c1)C(C)(C)C)C(=O)N1C[C@H](Oc2nc3c(c4cc(OC)ccc24)OCCN3C)CC1C. The van der Waals surface area contributed by atoms with Gasteiger partial charge < -0.3 is 29.3 Å². The Labute approximate surface area is 330 Å². The predicted molar refractivity (Wildman–Crippen MR) is 209 cm³/mol. The largest absolute Gasteiger partial charge is 0.497 e. The fraction of sp³-hybridized carbons (Fsp3) is 0.500. The summed E-state index contributed by atoms with van der Waals surface area (Å²) in [6.07, 6.45) is 1.82. The smallest absolute Gasteiger partial charge is 0.328 e. The van der Waals surface area contributed by atoms with E-state index in [9.17, 15) is 22.0 Å². The number of hydrogen-bond acceptors (Lipinski definition) is 11. The van der Waals surface area contributed by atoms with E-state index >= 15 is 9.59 Å². The number of pyridine rings is 1. The van der Waals surface area contributed by atoms with E-state index in [-0.39, 0.29) is 18.7 Å². The number of nitrogens with one attached hydrogen (secondary N) is 2. The molecule has 0 bridgehead atoms. The standard InChI is InChI=1S/C40H48F2N6O8S/c1-8-23-20-40(23,37(50)45-57(52,53)27-11-12-27)48(36(49)33(39(3,4)5)43-24-9-14-30(41)31(42)18-24)38(51)47-21-26(17-22(47)2)56-35-28-13-10-25(54-7)19-29(28)32-34(44-35)46(6)15-16-55-32/h8-10,13-14,18-19,22-23,26-27,33,43H,1,11-12,15-17,20-21H2,2-7H3,(H,45,50)/t22?,23-,26-,33+,40-/m1/s1. The normalized spacial score (nSPS) is 23.5. The Morgan fingerprint density at radius 1 is 1.12 bits per heavy atom. The van der Waals surface area contributed by atoms with Crippen LogP contribution in [0.1, 0.15) is 53.4 Å². The van der Waals surface area contributed by atoms with E-state index in [1.54, 1.807) is 40.9 Å². The predicted octanol–water partition coefficient (Wildman–Crippen LogP) is 5.22. The van der Waals surface area contributed by atoms with Crippen molar-refractivity contribution in [2.45, 2.75) is 82.4 Å². The molecule has 4 aliphatic rings. The highest BCUT2D eigenvalue weighted by Crippen LogP contribution is 2.52. The number of urea groups is 1. The minimum atomic E-state index is -4.10. The van der Waals surface area contributed by atoms with Gasteiger partial charge in [0.1, 0.15) is 30.0 Å². The highest BCUT2D eigenvalue weighted by atomic mass is 32.2. The molecule has 14 nitrogen and oxygen atoms in total. The number of likely N-dealkylation sites (tertiary alicyclic amines) is 1. The summed E-state index contributed by atoms with van der Waals surface area (Å²) in [5.74, 6) is -2.82. The van der Waals surface area contributed by atoms with E-state index in [0.29, 0.717) is 61.0 Å². The first-order chi connectivity index (χ1) is 26.9. The molecule has 1 saturated heterocycles. The van der Waals surface area contributed by atoms with Crippen LogP contribution in [0, 0.1) is 23.0 Å². The second-order valence-corrected chi connectivity index (χ2v) is 18.4. The van der Waals surface area contributed by atoms with Gasteiger partial charge in [-0.2, -0.15) is 4.98 Å². The van der Waals surface area contributed by atoms with Crippen LogP contribution >= 0.6 is 0 Å². The zero-order chi connectivity index (χ0) is 41.2. The molecule has 5 atom stereocenters. The number of fused-ring (bicyclic) bond motifs is 3. The van der Waals surface area contributed by atoms with Crippen LogP contribution in [-0.2, 0) is 19.6 Å². The maximum atomic E-state index is 15.1. The number of carbonyl (C=O) groups excluding carboxylic acids is 3. The second kappa shape index (κ2) is 14.6. The van der Waals surface area contributed by atoms with Gasteiger partial charge >= 0.3 is 6.03 Å². The molecular formula is C40H48F2N6O8S. The maximum Gasteiger partial charge on any atom is 0.328 e. The van der Waals surface area contributed by atoms with Gasteiger partial charge in [-0.3, -0.25) is 14.3 Å². The molecule has 3 fully saturated rings. The molecule has 1 aromatic heterocycles. The van der Waals surface area contributed by atoms with Gasteiger partial charge in [0, 0.05) is 48.0 Å². The van der Waals surface area contributed by atoms with Crippen LogP contribution in [-0.4, -0.2) is 104 Å². The number of hydrogen-bond donors (Lipinski definition) is 2. The third-order valence-electron chi connectivity index (χ3n) is 11.2. The molecule has 1 unspecified atom stereocenters. The molecule has 4 amide bonds. The van der Waals surface area contributed by atoms with Crippen molar-refractivity contribution in [1.29, 1.82) is 0 Å². The fourth-order valence-electron chi connectivity index (χ4n) is 7.70. The van der Waals surface area contributed by atoms with E-state index < -0.39 is 79.8 Å². The third-order valence-corrected chi connectivity index (χ3v) is 13.0. The third kappa shape index (κ3) is 7.41. The van der Waals surface area contributed by atoms with Crippen molar-refractivity contribution >= 4 is 50.1 Å². The summed E-state index contributed by atoms with van der Waals surface area (Å²) >= 11 is 0. The number of ether oxygens (including phenoxy) is 3. The van der Waals surface area contributed by atoms with Gasteiger partial charge in [-0.15, -0.1) is 6.58 Å². The number of benzene rings is 2. The van der Waals surface area contributed by atoms with Crippen molar-refractivity contribution in [3.63, 3.8) is 0 Å². The molecule has 17 heteroatoms. The van der Waals surface area contributed by atoms with E-state index in [1.165, 1.54) is 17.0 Å². The van der Waals surface area contributed by atoms with Crippen LogP contribution in [0.2, 0.25) is 0 Å². The van der Waals surface area contributed by atoms with Crippen molar-refractivity contribution in [2.24, 2.45) is 11.3 Å². The summed E-state index contributed by atoms with van der Waals surface area (Å²) in [5.41, 5.74) is -2.87. The number of anilines is 2. The molecule has 2 saturated carbocycles. The van der Waals surface area contributed by atoms with Gasteiger partial charge in [0.15, 0.2) is 23.2 Å². The molecule has 0 radical (unpaired) electrons. The second-order valence-electron chi connectivity index (χ2n) is 16.4. The number of aromatic nitrogens is 1. The van der Waals surface area contributed by atoms with Gasteiger partial charge in [-0.25, -0.2) is 26.9 Å². The lowest BCUT2D eigenvalue weighted by molar-refractivity contribution is -0.141. The topological polar surface area (TPSA) is 160 Å². The number of sulfonamides is 1. The summed E-state index contributed by atoms with van der Waals surface area (Å²) in [5, 5.41) is 3.61. The number of likely N-dealkylation sites (N-methyl/N-ethyl adjacent to an activating group) is 1. The summed E-state index contributed by atoms with van der Waals surface area (Å²) < 4.78 is 74.8. The lowest BCUT2D eigenvalue weighted by Crippen LogP contribution is -2.64. The zero-order valence-corrected chi connectivity index (χ0v) is 33.6. The molecule has 2 N–H and O–H groups in total. The van der Waals surface area contributed by atoms with Crippen LogP contribution in [0.4, 0.5) is 25.1 Å². The summed E-state index contributed by atoms with van der Waals surface area (Å²) in [6, 6.07) is 5.87. The first-order valence-electron chi connectivity index (χ1n) is 19.0. The van der Waals surface area contributed by atoms with Crippen LogP contribution in [0.3, 0.4) is 0 Å². The Balaban J connectivity index is 1.25. The molecule has 2 aromatic carbocycles. The number of carbonyl (C=O) groups is 3. The van der Waals surface area contributed by atoms with Crippen molar-refractivity contribution < 1.29 is 45.8 Å². The van der Waals surface area contributed by atoms with Crippen molar-refractivity contribution in [3.05, 3.63) is 60.7 Å². The van der Waals surface area contributed by atoms with Gasteiger partial charge in [0.2, 0.25) is 15.9 Å². The molecule has 2 aliphatic carbocycles. The van der Waals surface area contributed by atoms with Crippen LogP contribution in [0.5, 0.6) is 17.4 Å². The average Bonchev–Trinajstić information content (AvgIpc) is 4.09. The lowest BCUT2D eigenvalue weighted by Gasteiger charge is -2.40. The summed E-state index contributed by atoms with van der Waals surface area (Å²) in [6.45, 7) is 11.8. The Bertz CT molecular complexity index is 2250. The molecule has 3 aromatic rings. The Hall–Kier alpha value is -5.19. The highest BCUT2D eigenvalue weighted by molar-refractivity contribution is 7.91. The number of nitrogens with zero attached hydrogens (tertiary/aromatic N) is 4. The number of amides is 4. The van der Waals surface area contributed by atoms with Crippen molar-refractivity contribution in [1.82, 2.24) is 19.5 Å². The Morgan fingerprint density at radius 3 is 2.49 bits per heavy atom. The molecule has 306 valence electrons. The molecular weight excluding hydrogens is 763 g/mol. The minimum Gasteiger partial charge on any atom is -0.497 e. The van der Waals surface area contributed by atoms with Crippen LogP contribution < -0.4 is 29.1 Å². The fourth-order valence-corrected chi connectivity index (χ4v) is 9.06. The highest BCUT2D eigenvalue weighted by Gasteiger charge is 2.68. The van der Waals surface area contributed by atoms with Crippen molar-refractivity contribution in [2.75, 3.05) is 44.1 Å². The van der Waals surface area contributed by atoms with E-state index in [4.69, 9.17) is 19.2 Å². The molecule has 7 rings (SSSR count). The number of imide groups is 1. The number of halogens is 2. The Morgan fingerprint density at radius 2 is 1.86 bits per heavy atom. The van der Waals surface area contributed by atoms with Gasteiger partial charge in [0.25, 0.3) is 11.8 Å². The Kier molecular flexibility index (Phi) is 10.3. The van der Waals surface area contributed by atoms with Crippen molar-refractivity contribution in [3.8, 4) is 17.4 Å². The van der Waals surface area contributed by atoms with E-state index in [1.807, 2.05) is 24.1 Å². The molecule has 3 heterocycles. The van der Waals surface area contributed by atoms with Crippen LogP contribution in [0.25, 0.3) is 10.8 Å². The van der Waals surface area contributed by atoms with E-state index in [2.05, 4.69) is 16.6 Å².